The molecule has 80 valence electrons. The van der Waals surface area contributed by atoms with Crippen LogP contribution in [0.1, 0.15) is 11.1 Å². The Labute approximate surface area is 101 Å². The second-order valence-corrected chi connectivity index (χ2v) is 4.01. The van der Waals surface area contributed by atoms with Crippen LogP contribution in [-0.4, -0.2) is 4.98 Å². The average Bonchev–Trinajstić information content (AvgIpc) is 2.24. The molecule has 0 N–H and O–H groups in total. The number of nitrogens with zero attached hydrogens (tertiary/aromatic N) is 2. The molecule has 1 heterocycles. The van der Waals surface area contributed by atoms with E-state index in [1.54, 1.807) is 6.92 Å². The van der Waals surface area contributed by atoms with Gasteiger partial charge in [0.1, 0.15) is 22.6 Å². The smallest absolute Gasteiger partial charge is 0.149 e. The van der Waals surface area contributed by atoms with E-state index in [1.807, 2.05) is 6.07 Å². The number of halogens is 3. The van der Waals surface area contributed by atoms with E-state index in [0.29, 0.717) is 16.5 Å². The molecule has 0 atom stereocenters. The van der Waals surface area contributed by atoms with Crippen molar-refractivity contribution >= 4 is 34.1 Å². The molecule has 0 radical (unpaired) electrons. The molecule has 0 saturated heterocycles. The Hall–Kier alpha value is -1.37. The van der Waals surface area contributed by atoms with Crippen LogP contribution in [0.2, 0.25) is 10.2 Å². The molecular formula is C11H5Cl2FN2. The first-order chi connectivity index (χ1) is 7.56. The lowest BCUT2D eigenvalue weighted by Gasteiger charge is -2.07. The van der Waals surface area contributed by atoms with Gasteiger partial charge in [-0.1, -0.05) is 23.2 Å². The summed E-state index contributed by atoms with van der Waals surface area (Å²) in [5, 5.41) is 9.48. The summed E-state index contributed by atoms with van der Waals surface area (Å²) in [5.74, 6) is -0.387. The summed E-state index contributed by atoms with van der Waals surface area (Å²) in [5.41, 5.74) is 0.917. The van der Waals surface area contributed by atoms with Crippen molar-refractivity contribution in [3.05, 3.63) is 39.3 Å². The molecule has 1 aromatic carbocycles. The van der Waals surface area contributed by atoms with E-state index in [4.69, 9.17) is 28.5 Å². The number of pyridine rings is 1. The Bertz CT molecular complexity index is 632. The third kappa shape index (κ3) is 1.51. The van der Waals surface area contributed by atoms with Crippen LogP contribution in [-0.2, 0) is 0 Å². The summed E-state index contributed by atoms with van der Waals surface area (Å²) < 4.78 is 13.4. The SMILES string of the molecule is Cc1c(F)ccc2nc(Cl)c(C#N)c(Cl)c12. The molecule has 0 amide bonds. The monoisotopic (exact) mass is 254 g/mol. The second-order valence-electron chi connectivity index (χ2n) is 3.27. The normalized spacial score (nSPS) is 10.4. The number of benzene rings is 1. The maximum absolute atomic E-state index is 13.4. The number of nitriles is 1. The highest BCUT2D eigenvalue weighted by atomic mass is 35.5. The minimum Gasteiger partial charge on any atom is -0.235 e. The summed E-state index contributed by atoms with van der Waals surface area (Å²) in [6.07, 6.45) is 0. The molecule has 0 spiro atoms. The van der Waals surface area contributed by atoms with Gasteiger partial charge in [-0.3, -0.25) is 0 Å². The zero-order valence-electron chi connectivity index (χ0n) is 8.18. The number of fused-ring (bicyclic) bond motifs is 1. The van der Waals surface area contributed by atoms with Crippen LogP contribution in [0.4, 0.5) is 4.39 Å². The highest BCUT2D eigenvalue weighted by Gasteiger charge is 2.15. The van der Waals surface area contributed by atoms with E-state index in [0.717, 1.165) is 0 Å². The highest BCUT2D eigenvalue weighted by molar-refractivity contribution is 6.39. The Morgan fingerprint density at radius 3 is 2.69 bits per heavy atom. The molecule has 2 nitrogen and oxygen atoms in total. The van der Waals surface area contributed by atoms with Crippen LogP contribution in [0.25, 0.3) is 10.9 Å². The summed E-state index contributed by atoms with van der Waals surface area (Å²) in [4.78, 5) is 4.00. The van der Waals surface area contributed by atoms with E-state index in [1.165, 1.54) is 12.1 Å². The van der Waals surface area contributed by atoms with Crippen molar-refractivity contribution < 1.29 is 4.39 Å². The predicted octanol–water partition coefficient (Wildman–Crippen LogP) is 3.86. The highest BCUT2D eigenvalue weighted by Crippen LogP contribution is 2.33. The largest absolute Gasteiger partial charge is 0.235 e. The van der Waals surface area contributed by atoms with Gasteiger partial charge in [-0.2, -0.15) is 5.26 Å². The third-order valence-electron chi connectivity index (χ3n) is 2.35. The van der Waals surface area contributed by atoms with Gasteiger partial charge in [0.05, 0.1) is 10.5 Å². The number of rotatable bonds is 0. The lowest BCUT2D eigenvalue weighted by Crippen LogP contribution is -1.92. The van der Waals surface area contributed by atoms with Crippen molar-refractivity contribution in [2.75, 3.05) is 0 Å². The molecule has 2 aromatic rings. The van der Waals surface area contributed by atoms with Crippen LogP contribution >= 0.6 is 23.2 Å². The molecule has 0 aliphatic rings. The van der Waals surface area contributed by atoms with Crippen molar-refractivity contribution in [1.82, 2.24) is 4.98 Å². The minimum absolute atomic E-state index is 0.0333. The van der Waals surface area contributed by atoms with Gasteiger partial charge in [0, 0.05) is 5.39 Å². The van der Waals surface area contributed by atoms with Crippen LogP contribution in [0.5, 0.6) is 0 Å². The molecule has 0 saturated carbocycles. The Morgan fingerprint density at radius 2 is 2.06 bits per heavy atom. The molecular weight excluding hydrogens is 250 g/mol. The maximum atomic E-state index is 13.4. The first-order valence-corrected chi connectivity index (χ1v) is 5.15. The van der Waals surface area contributed by atoms with Crippen LogP contribution in [0.15, 0.2) is 12.1 Å². The predicted molar refractivity (Wildman–Crippen MR) is 61.2 cm³/mol. The van der Waals surface area contributed by atoms with Crippen LogP contribution < -0.4 is 0 Å². The summed E-state index contributed by atoms with van der Waals surface area (Å²) in [6, 6.07) is 4.63. The van der Waals surface area contributed by atoms with E-state index >= 15 is 0 Å². The van der Waals surface area contributed by atoms with Gasteiger partial charge in [-0.25, -0.2) is 9.37 Å². The van der Waals surface area contributed by atoms with Crippen molar-refractivity contribution in [1.29, 1.82) is 5.26 Å². The van der Waals surface area contributed by atoms with E-state index in [2.05, 4.69) is 4.98 Å². The van der Waals surface area contributed by atoms with Crippen LogP contribution in [0, 0.1) is 24.1 Å². The zero-order valence-corrected chi connectivity index (χ0v) is 9.69. The minimum atomic E-state index is -0.387. The summed E-state index contributed by atoms with van der Waals surface area (Å²) in [7, 11) is 0. The molecule has 0 aliphatic heterocycles. The molecule has 0 aliphatic carbocycles. The van der Waals surface area contributed by atoms with Crippen molar-refractivity contribution in [2.45, 2.75) is 6.92 Å². The van der Waals surface area contributed by atoms with Crippen LogP contribution in [0.3, 0.4) is 0 Å². The van der Waals surface area contributed by atoms with Gasteiger partial charge in [-0.15, -0.1) is 0 Å². The standard InChI is InChI=1S/C11H5Cl2FN2/c1-5-7(14)2-3-8-9(5)10(12)6(4-15)11(13)16-8/h2-3H,1H3. The maximum Gasteiger partial charge on any atom is 0.149 e. The van der Waals surface area contributed by atoms with Gasteiger partial charge < -0.3 is 0 Å². The molecule has 0 unspecified atom stereocenters. The topological polar surface area (TPSA) is 36.7 Å². The lowest BCUT2D eigenvalue weighted by molar-refractivity contribution is 0.621. The fraction of sp³-hybridized carbons (Fsp3) is 0.0909. The van der Waals surface area contributed by atoms with E-state index in [-0.39, 0.29) is 21.6 Å². The Kier molecular flexibility index (Phi) is 2.71. The molecule has 0 bridgehead atoms. The number of hydrogen-bond donors (Lipinski definition) is 0. The molecule has 1 aromatic heterocycles. The second kappa shape index (κ2) is 3.89. The van der Waals surface area contributed by atoms with Gasteiger partial charge in [0.2, 0.25) is 0 Å². The molecule has 5 heteroatoms. The van der Waals surface area contributed by atoms with E-state index in [9.17, 15) is 4.39 Å². The molecule has 0 fully saturated rings. The van der Waals surface area contributed by atoms with Crippen molar-refractivity contribution in [3.8, 4) is 6.07 Å². The fourth-order valence-corrected chi connectivity index (χ4v) is 2.16. The van der Waals surface area contributed by atoms with Gasteiger partial charge in [0.15, 0.2) is 0 Å². The summed E-state index contributed by atoms with van der Waals surface area (Å²) >= 11 is 11.8. The zero-order chi connectivity index (χ0) is 11.9. The number of aromatic nitrogens is 1. The lowest BCUT2D eigenvalue weighted by atomic mass is 10.1. The van der Waals surface area contributed by atoms with Gasteiger partial charge >= 0.3 is 0 Å². The van der Waals surface area contributed by atoms with Crippen molar-refractivity contribution in [3.63, 3.8) is 0 Å². The summed E-state index contributed by atoms with van der Waals surface area (Å²) in [6.45, 7) is 1.58. The first-order valence-electron chi connectivity index (χ1n) is 4.40. The van der Waals surface area contributed by atoms with Crippen molar-refractivity contribution in [2.24, 2.45) is 0 Å². The molecule has 16 heavy (non-hydrogen) atoms. The Balaban J connectivity index is 3.02. The average molecular weight is 255 g/mol. The molecule has 2 rings (SSSR count). The third-order valence-corrected chi connectivity index (χ3v) is 3.00. The van der Waals surface area contributed by atoms with E-state index < -0.39 is 0 Å². The Morgan fingerprint density at radius 1 is 1.38 bits per heavy atom. The fourth-order valence-electron chi connectivity index (χ4n) is 1.51. The van der Waals surface area contributed by atoms with Gasteiger partial charge in [-0.05, 0) is 24.6 Å². The number of hydrogen-bond acceptors (Lipinski definition) is 2. The number of aryl methyl sites for hydroxylation is 1. The quantitative estimate of drug-likeness (QED) is 0.670. The first kappa shape index (κ1) is 11.1. The van der Waals surface area contributed by atoms with Gasteiger partial charge in [0.25, 0.3) is 0 Å².